The lowest BCUT2D eigenvalue weighted by atomic mass is 10.1. The summed E-state index contributed by atoms with van der Waals surface area (Å²) in [7, 11) is 0. The number of piperazine rings is 1. The van der Waals surface area contributed by atoms with Crippen molar-refractivity contribution in [3.05, 3.63) is 35.5 Å². The summed E-state index contributed by atoms with van der Waals surface area (Å²) in [6.45, 7) is 13.8. The van der Waals surface area contributed by atoms with Crippen LogP contribution < -0.4 is 10.6 Å². The Kier molecular flexibility index (Phi) is 10.1. The van der Waals surface area contributed by atoms with Crippen LogP contribution in [0.3, 0.4) is 0 Å². The van der Waals surface area contributed by atoms with Gasteiger partial charge in [-0.3, -0.25) is 14.7 Å². The highest BCUT2D eigenvalue weighted by atomic mass is 127. The monoisotopic (exact) mass is 540 g/mol. The van der Waals surface area contributed by atoms with Gasteiger partial charge in [-0.05, 0) is 45.2 Å². The Balaban J connectivity index is 0.00000341. The normalized spacial score (nSPS) is 15.3. The van der Waals surface area contributed by atoms with Crippen LogP contribution in [-0.2, 0) is 11.2 Å². The van der Waals surface area contributed by atoms with Crippen molar-refractivity contribution in [2.45, 2.75) is 40.2 Å². The predicted octanol–water partition coefficient (Wildman–Crippen LogP) is 2.74. The van der Waals surface area contributed by atoms with Crippen LogP contribution in [0, 0.1) is 6.92 Å². The van der Waals surface area contributed by atoms with E-state index in [1.165, 1.54) is 22.0 Å². The zero-order valence-corrected chi connectivity index (χ0v) is 21.5. The maximum atomic E-state index is 12.0. The number of rotatable bonds is 7. The molecule has 0 unspecified atom stereocenters. The minimum atomic E-state index is 0. The largest absolute Gasteiger partial charge is 0.361 e. The highest BCUT2D eigenvalue weighted by Crippen LogP contribution is 2.21. The third-order valence-corrected chi connectivity index (χ3v) is 5.48. The first-order valence-corrected chi connectivity index (χ1v) is 11.1. The number of nitrogens with one attached hydrogen (secondary N) is 3. The van der Waals surface area contributed by atoms with E-state index in [0.29, 0.717) is 6.54 Å². The molecule has 172 valence electrons. The summed E-state index contributed by atoms with van der Waals surface area (Å²) in [6.07, 6.45) is 3.02. The number of fused-ring (bicyclic) bond motifs is 1. The zero-order valence-electron chi connectivity index (χ0n) is 19.2. The fourth-order valence-corrected chi connectivity index (χ4v) is 3.97. The molecule has 0 spiro atoms. The van der Waals surface area contributed by atoms with Crippen molar-refractivity contribution in [1.29, 1.82) is 0 Å². The maximum Gasteiger partial charge on any atom is 0.234 e. The van der Waals surface area contributed by atoms with Crippen LogP contribution in [0.2, 0.25) is 0 Å². The van der Waals surface area contributed by atoms with E-state index in [0.717, 1.165) is 51.6 Å². The second-order valence-electron chi connectivity index (χ2n) is 8.28. The molecular weight excluding hydrogens is 503 g/mol. The van der Waals surface area contributed by atoms with E-state index < -0.39 is 0 Å². The van der Waals surface area contributed by atoms with Gasteiger partial charge in [-0.2, -0.15) is 0 Å². The number of benzene rings is 1. The number of para-hydroxylation sites is 1. The van der Waals surface area contributed by atoms with Gasteiger partial charge in [0.15, 0.2) is 5.96 Å². The summed E-state index contributed by atoms with van der Waals surface area (Å²) in [5.74, 6) is 1.08. The van der Waals surface area contributed by atoms with Gasteiger partial charge in [-0.15, -0.1) is 24.0 Å². The predicted molar refractivity (Wildman–Crippen MR) is 139 cm³/mol. The summed E-state index contributed by atoms with van der Waals surface area (Å²) in [5, 5.41) is 7.69. The Morgan fingerprint density at radius 1 is 1.23 bits per heavy atom. The summed E-state index contributed by atoms with van der Waals surface area (Å²) < 4.78 is 0. The Morgan fingerprint density at radius 3 is 2.65 bits per heavy atom. The van der Waals surface area contributed by atoms with Crippen molar-refractivity contribution in [2.24, 2.45) is 4.99 Å². The van der Waals surface area contributed by atoms with Crippen LogP contribution in [0.4, 0.5) is 0 Å². The van der Waals surface area contributed by atoms with Crippen molar-refractivity contribution in [3.63, 3.8) is 0 Å². The topological polar surface area (TPSA) is 75.8 Å². The Bertz CT molecular complexity index is 870. The van der Waals surface area contributed by atoms with E-state index in [2.05, 4.69) is 63.7 Å². The van der Waals surface area contributed by atoms with Crippen LogP contribution in [0.5, 0.6) is 0 Å². The number of hydrogen-bond acceptors (Lipinski definition) is 3. The third-order valence-electron chi connectivity index (χ3n) is 5.48. The van der Waals surface area contributed by atoms with E-state index in [1.54, 1.807) is 0 Å². The van der Waals surface area contributed by atoms with Gasteiger partial charge in [0.1, 0.15) is 0 Å². The number of aromatic nitrogens is 1. The van der Waals surface area contributed by atoms with E-state index in [1.807, 2.05) is 13.8 Å². The van der Waals surface area contributed by atoms with Crippen LogP contribution in [0.15, 0.2) is 29.4 Å². The van der Waals surface area contributed by atoms with E-state index in [9.17, 15) is 4.79 Å². The van der Waals surface area contributed by atoms with Crippen LogP contribution in [-0.4, -0.2) is 78.5 Å². The maximum absolute atomic E-state index is 12.0. The van der Waals surface area contributed by atoms with Gasteiger partial charge in [0.25, 0.3) is 0 Å². The number of halogens is 1. The minimum absolute atomic E-state index is 0. The Morgan fingerprint density at radius 2 is 1.97 bits per heavy atom. The highest BCUT2D eigenvalue weighted by molar-refractivity contribution is 14.0. The zero-order chi connectivity index (χ0) is 21.5. The molecule has 1 fully saturated rings. The number of amides is 1. The number of hydrogen-bond donors (Lipinski definition) is 3. The molecule has 0 aliphatic carbocycles. The molecule has 1 aliphatic rings. The number of guanidine groups is 1. The summed E-state index contributed by atoms with van der Waals surface area (Å²) in [5.41, 5.74) is 3.81. The van der Waals surface area contributed by atoms with Crippen LogP contribution >= 0.6 is 24.0 Å². The first-order valence-electron chi connectivity index (χ1n) is 11.1. The molecule has 1 amide bonds. The van der Waals surface area contributed by atoms with Gasteiger partial charge in [-0.1, -0.05) is 18.2 Å². The molecule has 2 heterocycles. The first-order chi connectivity index (χ1) is 14.5. The molecule has 0 atom stereocenters. The lowest BCUT2D eigenvalue weighted by Crippen LogP contribution is -2.54. The second-order valence-corrected chi connectivity index (χ2v) is 8.28. The summed E-state index contributed by atoms with van der Waals surface area (Å²) in [6, 6.07) is 6.62. The fourth-order valence-electron chi connectivity index (χ4n) is 3.97. The number of carbonyl (C=O) groups is 1. The molecule has 1 saturated heterocycles. The minimum Gasteiger partial charge on any atom is -0.361 e. The number of aliphatic imine (C=N–C) groups is 1. The highest BCUT2D eigenvalue weighted by Gasteiger charge is 2.21. The molecule has 7 nitrogen and oxygen atoms in total. The molecule has 1 aliphatic heterocycles. The molecule has 3 rings (SSSR count). The summed E-state index contributed by atoms with van der Waals surface area (Å²) >= 11 is 0. The molecule has 2 aromatic rings. The van der Waals surface area contributed by atoms with Gasteiger partial charge >= 0.3 is 0 Å². The number of aryl methyl sites for hydroxylation is 1. The van der Waals surface area contributed by atoms with Gasteiger partial charge in [0.05, 0.1) is 6.54 Å². The average molecular weight is 540 g/mol. The van der Waals surface area contributed by atoms with Crippen LogP contribution in [0.25, 0.3) is 10.9 Å². The third kappa shape index (κ3) is 7.10. The average Bonchev–Trinajstić information content (AvgIpc) is 3.12. The van der Waals surface area contributed by atoms with E-state index >= 15 is 0 Å². The fraction of sp³-hybridized carbons (Fsp3) is 0.565. The quantitative estimate of drug-likeness (QED) is 0.287. The number of carbonyl (C=O) groups excluding carboxylic acids is 1. The number of nitrogens with zero attached hydrogens (tertiary/aromatic N) is 3. The second kappa shape index (κ2) is 12.3. The van der Waals surface area contributed by atoms with Crippen molar-refractivity contribution >= 4 is 46.7 Å². The molecule has 0 bridgehead atoms. The number of H-pyrrole nitrogens is 1. The molecule has 8 heteroatoms. The lowest BCUT2D eigenvalue weighted by Gasteiger charge is -2.36. The van der Waals surface area contributed by atoms with Crippen molar-refractivity contribution in [2.75, 3.05) is 45.8 Å². The molecule has 3 N–H and O–H groups in total. The SMILES string of the molecule is CCNC(=NCCc1c[nH]c2c(C)cccc12)N1CCN(CC(=O)NC(C)C)CC1.I. The van der Waals surface area contributed by atoms with Crippen LogP contribution in [0.1, 0.15) is 31.9 Å². The number of aromatic amines is 1. The lowest BCUT2D eigenvalue weighted by molar-refractivity contribution is -0.123. The molecule has 0 saturated carbocycles. The molecule has 1 aromatic heterocycles. The molecule has 31 heavy (non-hydrogen) atoms. The van der Waals surface area contributed by atoms with Gasteiger partial charge in [0.2, 0.25) is 5.91 Å². The van der Waals surface area contributed by atoms with Gasteiger partial charge < -0.3 is 20.5 Å². The first kappa shape index (κ1) is 25.5. The molecular formula is C23H37IN6O. The Hall–Kier alpha value is -1.81. The van der Waals surface area contributed by atoms with Crippen molar-refractivity contribution < 1.29 is 4.79 Å². The molecule has 0 radical (unpaired) electrons. The smallest absolute Gasteiger partial charge is 0.234 e. The van der Waals surface area contributed by atoms with E-state index in [-0.39, 0.29) is 35.9 Å². The van der Waals surface area contributed by atoms with Crippen molar-refractivity contribution in [3.8, 4) is 0 Å². The van der Waals surface area contributed by atoms with E-state index in [4.69, 9.17) is 4.99 Å². The molecule has 1 aromatic carbocycles. The standard InChI is InChI=1S/C23H36N6O.HI/c1-5-24-23(29-13-11-28(12-14-29)16-21(30)27-17(2)3)25-10-9-19-15-26-22-18(4)7-6-8-20(19)22;/h6-8,15,17,26H,5,9-14,16H2,1-4H3,(H,24,25)(H,27,30);1H. The Labute approximate surface area is 203 Å². The summed E-state index contributed by atoms with van der Waals surface area (Å²) in [4.78, 5) is 24.8. The van der Waals surface area contributed by atoms with Gasteiger partial charge in [0, 0.05) is 62.4 Å². The van der Waals surface area contributed by atoms with Crippen molar-refractivity contribution in [1.82, 2.24) is 25.4 Å². The van der Waals surface area contributed by atoms with Gasteiger partial charge in [-0.25, -0.2) is 0 Å².